The molecule has 150 valence electrons. The second-order valence-electron chi connectivity index (χ2n) is 6.56. The number of sulfonamides is 1. The van der Waals surface area contributed by atoms with Gasteiger partial charge in [0, 0.05) is 6.54 Å². The van der Waals surface area contributed by atoms with E-state index in [0.717, 1.165) is 11.0 Å². The molecule has 1 saturated heterocycles. The topological polar surface area (TPSA) is 96.4 Å². The molecule has 2 heterocycles. The third-order valence-corrected chi connectivity index (χ3v) is 5.92. The predicted molar refractivity (Wildman–Crippen MR) is 90.3 cm³/mol. The molecule has 0 aromatic carbocycles. The predicted octanol–water partition coefficient (Wildman–Crippen LogP) is 1.87. The number of hydrogen-bond acceptors (Lipinski definition) is 5. The van der Waals surface area contributed by atoms with Gasteiger partial charge in [0.05, 0.1) is 17.0 Å². The van der Waals surface area contributed by atoms with Crippen molar-refractivity contribution < 1.29 is 31.2 Å². The highest BCUT2D eigenvalue weighted by atomic mass is 32.2. The Morgan fingerprint density at radius 1 is 1.33 bits per heavy atom. The monoisotopic (exact) mass is 407 g/mol. The lowest BCUT2D eigenvalue weighted by atomic mass is 9.85. The second-order valence-corrected chi connectivity index (χ2v) is 8.40. The average Bonchev–Trinajstić information content (AvgIpc) is 2.51. The molecule has 0 saturated carbocycles. The number of alkyl halides is 3. The molecule has 1 atom stereocenters. The van der Waals surface area contributed by atoms with Crippen LogP contribution in [0.3, 0.4) is 0 Å². The molecular weight excluding hydrogens is 387 g/mol. The number of hydrogen-bond donors (Lipinski definition) is 1. The number of rotatable bonds is 5. The molecule has 2 rings (SSSR count). The molecule has 27 heavy (non-hydrogen) atoms. The van der Waals surface area contributed by atoms with Crippen LogP contribution in [0.15, 0.2) is 12.1 Å². The van der Waals surface area contributed by atoms with Gasteiger partial charge in [0.15, 0.2) is 0 Å². The van der Waals surface area contributed by atoms with Gasteiger partial charge in [-0.1, -0.05) is 6.92 Å². The Hall–Kier alpha value is -2.17. The minimum absolute atomic E-state index is 0.0712. The van der Waals surface area contributed by atoms with Crippen molar-refractivity contribution in [3.8, 4) is 0 Å². The van der Waals surface area contributed by atoms with Crippen molar-refractivity contribution >= 4 is 21.8 Å². The van der Waals surface area contributed by atoms with Crippen molar-refractivity contribution in [2.24, 2.45) is 0 Å². The fraction of sp³-hybridized carbons (Fsp3) is 0.562. The standard InChI is InChI=1S/C16H20F3N3O4S/c1-4-9-27(25,26)21-14(24)15(3)7-8-22(15)13(23)11-5-6-12(16(17,18)19)20-10(11)2/h5-6H,4,7-9H2,1-3H3,(H,21,24). The largest absolute Gasteiger partial charge is 0.433 e. The van der Waals surface area contributed by atoms with Crippen LogP contribution in [0.5, 0.6) is 0 Å². The number of nitrogens with one attached hydrogen (secondary N) is 1. The summed E-state index contributed by atoms with van der Waals surface area (Å²) in [6.45, 7) is 4.51. The first-order chi connectivity index (χ1) is 12.3. The summed E-state index contributed by atoms with van der Waals surface area (Å²) in [7, 11) is -3.81. The zero-order valence-electron chi connectivity index (χ0n) is 15.1. The molecule has 1 unspecified atom stereocenters. The molecular formula is C16H20F3N3O4S. The number of likely N-dealkylation sites (tertiary alicyclic amines) is 1. The van der Waals surface area contributed by atoms with E-state index in [4.69, 9.17) is 0 Å². The van der Waals surface area contributed by atoms with Gasteiger partial charge in [-0.05, 0) is 38.8 Å². The van der Waals surface area contributed by atoms with E-state index < -0.39 is 39.2 Å². The average molecular weight is 407 g/mol. The smallest absolute Gasteiger partial charge is 0.324 e. The molecule has 1 aromatic rings. The third-order valence-electron chi connectivity index (χ3n) is 4.48. The summed E-state index contributed by atoms with van der Waals surface area (Å²) < 4.78 is 63.7. The number of nitrogens with zero attached hydrogens (tertiary/aromatic N) is 2. The summed E-state index contributed by atoms with van der Waals surface area (Å²) in [5, 5.41) is 0. The number of carbonyl (C=O) groups is 2. The quantitative estimate of drug-likeness (QED) is 0.804. The van der Waals surface area contributed by atoms with E-state index in [2.05, 4.69) is 4.98 Å². The fourth-order valence-corrected chi connectivity index (χ4v) is 3.92. The number of halogens is 3. The van der Waals surface area contributed by atoms with Crippen LogP contribution >= 0.6 is 0 Å². The van der Waals surface area contributed by atoms with Crippen LogP contribution in [-0.2, 0) is 21.0 Å². The molecule has 1 aliphatic rings. The summed E-state index contributed by atoms with van der Waals surface area (Å²) in [4.78, 5) is 29.7. The van der Waals surface area contributed by atoms with Gasteiger partial charge in [-0.15, -0.1) is 0 Å². The zero-order valence-corrected chi connectivity index (χ0v) is 15.9. The highest BCUT2D eigenvalue weighted by Gasteiger charge is 2.50. The Bertz CT molecular complexity index is 870. The summed E-state index contributed by atoms with van der Waals surface area (Å²) in [5.41, 5.74) is -2.71. The lowest BCUT2D eigenvalue weighted by Gasteiger charge is -2.48. The van der Waals surface area contributed by atoms with E-state index in [1.165, 1.54) is 13.8 Å². The van der Waals surface area contributed by atoms with Gasteiger partial charge < -0.3 is 4.90 Å². The van der Waals surface area contributed by atoms with Crippen molar-refractivity contribution in [2.75, 3.05) is 12.3 Å². The Morgan fingerprint density at radius 2 is 1.96 bits per heavy atom. The van der Waals surface area contributed by atoms with Gasteiger partial charge in [-0.2, -0.15) is 13.2 Å². The second kappa shape index (κ2) is 7.10. The minimum atomic E-state index is -4.63. The van der Waals surface area contributed by atoms with Gasteiger partial charge in [0.2, 0.25) is 10.0 Å². The molecule has 0 spiro atoms. The van der Waals surface area contributed by atoms with Crippen molar-refractivity contribution in [2.45, 2.75) is 45.3 Å². The maximum atomic E-state index is 12.7. The summed E-state index contributed by atoms with van der Waals surface area (Å²) in [5.74, 6) is -1.75. The molecule has 1 aromatic heterocycles. The van der Waals surface area contributed by atoms with Crippen molar-refractivity contribution in [3.63, 3.8) is 0 Å². The van der Waals surface area contributed by atoms with Gasteiger partial charge in [0.25, 0.3) is 11.8 Å². The normalized spacial score (nSPS) is 20.1. The van der Waals surface area contributed by atoms with Gasteiger partial charge in [-0.3, -0.25) is 14.3 Å². The van der Waals surface area contributed by atoms with E-state index in [0.29, 0.717) is 12.5 Å². The summed E-state index contributed by atoms with van der Waals surface area (Å²) in [6, 6.07) is 1.71. The van der Waals surface area contributed by atoms with Crippen LogP contribution in [0.2, 0.25) is 0 Å². The number of aromatic nitrogens is 1. The summed E-state index contributed by atoms with van der Waals surface area (Å²) >= 11 is 0. The van der Waals surface area contributed by atoms with Crippen LogP contribution in [0.4, 0.5) is 13.2 Å². The zero-order chi connectivity index (χ0) is 20.6. The van der Waals surface area contributed by atoms with Crippen molar-refractivity contribution in [1.29, 1.82) is 0 Å². The number of aryl methyl sites for hydroxylation is 1. The molecule has 2 amide bonds. The molecule has 0 radical (unpaired) electrons. The third kappa shape index (κ3) is 4.23. The molecule has 7 nitrogen and oxygen atoms in total. The van der Waals surface area contributed by atoms with Crippen molar-refractivity contribution in [1.82, 2.24) is 14.6 Å². The van der Waals surface area contributed by atoms with E-state index in [9.17, 15) is 31.2 Å². The first-order valence-corrected chi connectivity index (χ1v) is 9.89. The lowest BCUT2D eigenvalue weighted by Crippen LogP contribution is -2.68. The number of amides is 2. The van der Waals surface area contributed by atoms with E-state index >= 15 is 0 Å². The van der Waals surface area contributed by atoms with Crippen LogP contribution < -0.4 is 4.72 Å². The van der Waals surface area contributed by atoms with Crippen molar-refractivity contribution in [3.05, 3.63) is 29.1 Å². The molecule has 0 bridgehead atoms. The Morgan fingerprint density at radius 3 is 2.41 bits per heavy atom. The highest BCUT2D eigenvalue weighted by Crippen LogP contribution is 2.34. The van der Waals surface area contributed by atoms with Gasteiger partial charge >= 0.3 is 6.18 Å². The van der Waals surface area contributed by atoms with Crippen LogP contribution in [0, 0.1) is 6.92 Å². The van der Waals surface area contributed by atoms with E-state index in [-0.39, 0.29) is 30.0 Å². The highest BCUT2D eigenvalue weighted by molar-refractivity contribution is 7.90. The summed E-state index contributed by atoms with van der Waals surface area (Å²) in [6.07, 6.45) is -4.08. The molecule has 1 aliphatic heterocycles. The first-order valence-electron chi connectivity index (χ1n) is 8.23. The molecule has 11 heteroatoms. The first kappa shape index (κ1) is 21.1. The molecule has 0 aliphatic carbocycles. The van der Waals surface area contributed by atoms with Crippen LogP contribution in [0.1, 0.15) is 48.4 Å². The van der Waals surface area contributed by atoms with Gasteiger partial charge in [-0.25, -0.2) is 13.4 Å². The Kier molecular flexibility index (Phi) is 5.56. The molecule has 1 fully saturated rings. The van der Waals surface area contributed by atoms with E-state index in [1.54, 1.807) is 6.92 Å². The Labute approximate surface area is 155 Å². The van der Waals surface area contributed by atoms with Crippen LogP contribution in [-0.4, -0.2) is 48.0 Å². The lowest BCUT2D eigenvalue weighted by molar-refractivity contribution is -0.141. The molecule has 1 N–H and O–H groups in total. The fourth-order valence-electron chi connectivity index (χ4n) is 2.78. The maximum Gasteiger partial charge on any atom is 0.433 e. The minimum Gasteiger partial charge on any atom is -0.324 e. The maximum absolute atomic E-state index is 12.7. The SMILES string of the molecule is CCCS(=O)(=O)NC(=O)C1(C)CCN1C(=O)c1ccc(C(F)(F)F)nc1C. The number of carbonyl (C=O) groups excluding carboxylic acids is 2. The Balaban J connectivity index is 2.23. The van der Waals surface area contributed by atoms with Crippen LogP contribution in [0.25, 0.3) is 0 Å². The number of pyridine rings is 1. The van der Waals surface area contributed by atoms with E-state index in [1.807, 2.05) is 4.72 Å². The van der Waals surface area contributed by atoms with Gasteiger partial charge in [0.1, 0.15) is 11.2 Å².